The van der Waals surface area contributed by atoms with Gasteiger partial charge in [0.25, 0.3) is 0 Å². The molecule has 0 aromatic heterocycles. The fraction of sp³-hybridized carbons (Fsp3) is 0.348. The van der Waals surface area contributed by atoms with E-state index in [-0.39, 0.29) is 18.5 Å². The fourth-order valence-corrected chi connectivity index (χ4v) is 3.60. The first-order valence-electron chi connectivity index (χ1n) is 10.1. The van der Waals surface area contributed by atoms with Gasteiger partial charge in [-0.05, 0) is 55.7 Å². The summed E-state index contributed by atoms with van der Waals surface area (Å²) in [5.74, 6) is -0.498. The van der Waals surface area contributed by atoms with Crippen LogP contribution >= 0.6 is 0 Å². The summed E-state index contributed by atoms with van der Waals surface area (Å²) in [6.45, 7) is 4.69. The number of nitrogens with zero attached hydrogens (tertiary/aromatic N) is 2. The first-order chi connectivity index (χ1) is 14.4. The van der Waals surface area contributed by atoms with Crippen molar-refractivity contribution in [1.29, 1.82) is 0 Å². The predicted molar refractivity (Wildman–Crippen MR) is 114 cm³/mol. The Morgan fingerprint density at radius 2 is 1.83 bits per heavy atom. The number of amides is 3. The number of esters is 1. The summed E-state index contributed by atoms with van der Waals surface area (Å²) < 4.78 is 4.94. The van der Waals surface area contributed by atoms with E-state index >= 15 is 0 Å². The molecule has 0 saturated carbocycles. The topological polar surface area (TPSA) is 79.0 Å². The molecule has 0 aliphatic carbocycles. The minimum Gasteiger partial charge on any atom is -0.462 e. The molecule has 1 N–H and O–H groups in total. The van der Waals surface area contributed by atoms with Gasteiger partial charge in [0.15, 0.2) is 0 Å². The van der Waals surface area contributed by atoms with Crippen molar-refractivity contribution < 1.29 is 19.1 Å². The Morgan fingerprint density at radius 1 is 1.13 bits per heavy atom. The number of fused-ring (bicyclic) bond motifs is 1. The number of carbonyl (C=O) groups is 3. The summed E-state index contributed by atoms with van der Waals surface area (Å²) in [6, 6.07) is 14.2. The molecule has 158 valence electrons. The Bertz CT molecular complexity index is 926. The summed E-state index contributed by atoms with van der Waals surface area (Å²) in [5, 5.41) is 2.74. The zero-order valence-electron chi connectivity index (χ0n) is 17.6. The lowest BCUT2D eigenvalue weighted by Gasteiger charge is -2.36. The van der Waals surface area contributed by atoms with E-state index in [1.807, 2.05) is 24.0 Å². The summed E-state index contributed by atoms with van der Waals surface area (Å²) in [7, 11) is 1.59. The fourth-order valence-electron chi connectivity index (χ4n) is 3.60. The van der Waals surface area contributed by atoms with E-state index < -0.39 is 12.0 Å². The minimum absolute atomic E-state index is 0.0146. The van der Waals surface area contributed by atoms with Crippen molar-refractivity contribution in [2.24, 2.45) is 0 Å². The lowest BCUT2D eigenvalue weighted by molar-refractivity contribution is -0.134. The van der Waals surface area contributed by atoms with Crippen LogP contribution in [-0.4, -0.2) is 54.5 Å². The molecule has 0 bridgehead atoms. The Balaban J connectivity index is 1.56. The van der Waals surface area contributed by atoms with Crippen LogP contribution in [0.5, 0.6) is 0 Å². The summed E-state index contributed by atoms with van der Waals surface area (Å²) in [5.41, 5.74) is 3.38. The molecule has 0 radical (unpaired) electrons. The minimum atomic E-state index is -0.407. The number of ether oxygens (including phenoxy) is 1. The molecule has 1 aliphatic heterocycles. The monoisotopic (exact) mass is 409 g/mol. The summed E-state index contributed by atoms with van der Waals surface area (Å²) in [4.78, 5) is 40.2. The molecule has 0 saturated heterocycles. The highest BCUT2D eigenvalue weighted by atomic mass is 16.5. The van der Waals surface area contributed by atoms with Crippen LogP contribution in [-0.2, 0) is 16.0 Å². The third kappa shape index (κ3) is 4.79. The molecular formula is C23H27N3O4. The normalized spacial score (nSPS) is 15.2. The third-order valence-corrected chi connectivity index (χ3v) is 5.28. The lowest BCUT2D eigenvalue weighted by Crippen LogP contribution is -2.45. The smallest absolute Gasteiger partial charge is 0.338 e. The number of hydrogen-bond acceptors (Lipinski definition) is 4. The van der Waals surface area contributed by atoms with E-state index in [9.17, 15) is 14.4 Å². The van der Waals surface area contributed by atoms with Gasteiger partial charge in [-0.15, -0.1) is 0 Å². The van der Waals surface area contributed by atoms with Crippen LogP contribution in [0.3, 0.4) is 0 Å². The van der Waals surface area contributed by atoms with E-state index in [1.165, 1.54) is 10.5 Å². The standard InChI is InChI=1S/C23H27N3O4/c1-4-30-22(28)18-9-11-19(12-10-18)24-23(29)25(3)15-21(27)26-14-13-17-7-5-6-8-20(17)16(26)2/h5-12,16H,4,13-15H2,1-3H3,(H,24,29). The average Bonchev–Trinajstić information content (AvgIpc) is 2.74. The van der Waals surface area contributed by atoms with Gasteiger partial charge < -0.3 is 19.9 Å². The van der Waals surface area contributed by atoms with Crippen LogP contribution in [0.1, 0.15) is 41.4 Å². The van der Waals surface area contributed by atoms with Crippen molar-refractivity contribution in [2.75, 3.05) is 32.1 Å². The average molecular weight is 409 g/mol. The quantitative estimate of drug-likeness (QED) is 0.767. The van der Waals surface area contributed by atoms with E-state index in [0.717, 1.165) is 12.0 Å². The van der Waals surface area contributed by atoms with Crippen LogP contribution in [0.25, 0.3) is 0 Å². The van der Waals surface area contributed by atoms with Gasteiger partial charge in [-0.3, -0.25) is 4.79 Å². The van der Waals surface area contributed by atoms with Gasteiger partial charge >= 0.3 is 12.0 Å². The molecule has 1 aliphatic rings. The zero-order chi connectivity index (χ0) is 21.7. The maximum absolute atomic E-state index is 12.8. The lowest BCUT2D eigenvalue weighted by atomic mass is 9.93. The van der Waals surface area contributed by atoms with Gasteiger partial charge in [0.2, 0.25) is 5.91 Å². The van der Waals surface area contributed by atoms with Crippen molar-refractivity contribution in [2.45, 2.75) is 26.3 Å². The van der Waals surface area contributed by atoms with Gasteiger partial charge in [0.1, 0.15) is 6.54 Å². The van der Waals surface area contributed by atoms with Crippen LogP contribution in [0, 0.1) is 0 Å². The Labute approximate surface area is 176 Å². The van der Waals surface area contributed by atoms with Gasteiger partial charge in [-0.25, -0.2) is 9.59 Å². The van der Waals surface area contributed by atoms with E-state index in [1.54, 1.807) is 38.2 Å². The Hall–Kier alpha value is -3.35. The summed E-state index contributed by atoms with van der Waals surface area (Å²) in [6.07, 6.45) is 0.814. The van der Waals surface area contributed by atoms with Crippen molar-refractivity contribution in [3.63, 3.8) is 0 Å². The largest absolute Gasteiger partial charge is 0.462 e. The van der Waals surface area contributed by atoms with Crippen LogP contribution in [0.2, 0.25) is 0 Å². The number of carbonyl (C=O) groups excluding carboxylic acids is 3. The number of rotatable bonds is 5. The highest BCUT2D eigenvalue weighted by molar-refractivity contribution is 5.94. The molecule has 3 rings (SSSR count). The molecule has 2 aromatic carbocycles. The Morgan fingerprint density at radius 3 is 2.53 bits per heavy atom. The molecule has 0 spiro atoms. The van der Waals surface area contributed by atoms with Gasteiger partial charge in [0.05, 0.1) is 18.2 Å². The van der Waals surface area contributed by atoms with E-state index in [2.05, 4.69) is 17.4 Å². The first kappa shape index (κ1) is 21.4. The van der Waals surface area contributed by atoms with Crippen LogP contribution < -0.4 is 5.32 Å². The zero-order valence-corrected chi connectivity index (χ0v) is 17.6. The second kappa shape index (κ2) is 9.43. The molecule has 30 heavy (non-hydrogen) atoms. The maximum atomic E-state index is 12.8. The molecule has 1 unspecified atom stereocenters. The number of likely N-dealkylation sites (N-methyl/N-ethyl adjacent to an activating group) is 1. The SMILES string of the molecule is CCOC(=O)c1ccc(NC(=O)N(C)CC(=O)N2CCc3ccccc3C2C)cc1. The highest BCUT2D eigenvalue weighted by Crippen LogP contribution is 2.29. The first-order valence-corrected chi connectivity index (χ1v) is 10.1. The van der Waals surface area contributed by atoms with E-state index in [0.29, 0.717) is 24.4 Å². The van der Waals surface area contributed by atoms with Crippen LogP contribution in [0.4, 0.5) is 10.5 Å². The van der Waals surface area contributed by atoms with Gasteiger partial charge in [0, 0.05) is 19.3 Å². The van der Waals surface area contributed by atoms with Crippen molar-refractivity contribution in [1.82, 2.24) is 9.80 Å². The predicted octanol–water partition coefficient (Wildman–Crippen LogP) is 3.47. The van der Waals surface area contributed by atoms with Crippen molar-refractivity contribution in [3.05, 3.63) is 65.2 Å². The van der Waals surface area contributed by atoms with Crippen molar-refractivity contribution in [3.8, 4) is 0 Å². The maximum Gasteiger partial charge on any atom is 0.338 e. The second-order valence-corrected chi connectivity index (χ2v) is 7.30. The molecule has 7 nitrogen and oxygen atoms in total. The molecule has 7 heteroatoms. The second-order valence-electron chi connectivity index (χ2n) is 7.30. The molecule has 1 heterocycles. The molecule has 3 amide bonds. The molecule has 1 atom stereocenters. The van der Waals surface area contributed by atoms with Crippen LogP contribution in [0.15, 0.2) is 48.5 Å². The Kier molecular flexibility index (Phi) is 6.72. The third-order valence-electron chi connectivity index (χ3n) is 5.28. The van der Waals surface area contributed by atoms with Gasteiger partial charge in [-0.2, -0.15) is 0 Å². The molecule has 2 aromatic rings. The number of nitrogens with one attached hydrogen (secondary N) is 1. The number of anilines is 1. The van der Waals surface area contributed by atoms with Gasteiger partial charge in [-0.1, -0.05) is 24.3 Å². The number of benzene rings is 2. The highest BCUT2D eigenvalue weighted by Gasteiger charge is 2.28. The van der Waals surface area contributed by atoms with E-state index in [4.69, 9.17) is 4.74 Å². The number of hydrogen-bond donors (Lipinski definition) is 1. The molecular weight excluding hydrogens is 382 g/mol. The summed E-state index contributed by atoms with van der Waals surface area (Å²) >= 11 is 0. The number of urea groups is 1. The van der Waals surface area contributed by atoms with Crippen molar-refractivity contribution >= 4 is 23.6 Å². The molecule has 0 fully saturated rings.